The molecule has 3 N–H and O–H groups in total. The first kappa shape index (κ1) is 15.1. The molecule has 1 saturated carbocycles. The maximum Gasteiger partial charge on any atom is 0.127 e. The molecule has 0 unspecified atom stereocenters. The van der Waals surface area contributed by atoms with E-state index in [9.17, 15) is 0 Å². The van der Waals surface area contributed by atoms with Gasteiger partial charge in [-0.15, -0.1) is 0 Å². The number of ether oxygens (including phenoxy) is 1. The van der Waals surface area contributed by atoms with Gasteiger partial charge in [-0.2, -0.15) is 0 Å². The van der Waals surface area contributed by atoms with Crippen molar-refractivity contribution in [3.63, 3.8) is 0 Å². The topological polar surface area (TPSA) is 47.3 Å². The Hall–Kier alpha value is -1.84. The SMILES string of the molecule is N[C@H]1CC[C@H](NCc2cccc(Oc3ccccc3)c2)CC1. The smallest absolute Gasteiger partial charge is 0.127 e. The van der Waals surface area contributed by atoms with Gasteiger partial charge in [0.05, 0.1) is 0 Å². The summed E-state index contributed by atoms with van der Waals surface area (Å²) in [6.07, 6.45) is 4.63. The van der Waals surface area contributed by atoms with Gasteiger partial charge in [0.2, 0.25) is 0 Å². The first-order valence-electron chi connectivity index (χ1n) is 8.10. The fourth-order valence-corrected chi connectivity index (χ4v) is 2.93. The van der Waals surface area contributed by atoms with Crippen molar-refractivity contribution < 1.29 is 4.74 Å². The minimum absolute atomic E-state index is 0.403. The van der Waals surface area contributed by atoms with E-state index in [-0.39, 0.29) is 0 Å². The third-order valence-corrected chi connectivity index (χ3v) is 4.24. The molecule has 3 rings (SSSR count). The van der Waals surface area contributed by atoms with Gasteiger partial charge in [0.15, 0.2) is 0 Å². The van der Waals surface area contributed by atoms with Crippen LogP contribution >= 0.6 is 0 Å². The van der Waals surface area contributed by atoms with Crippen LogP contribution < -0.4 is 15.8 Å². The zero-order chi connectivity index (χ0) is 15.2. The highest BCUT2D eigenvalue weighted by Crippen LogP contribution is 2.22. The van der Waals surface area contributed by atoms with Gasteiger partial charge in [-0.25, -0.2) is 0 Å². The van der Waals surface area contributed by atoms with Gasteiger partial charge in [-0.3, -0.25) is 0 Å². The largest absolute Gasteiger partial charge is 0.457 e. The average molecular weight is 296 g/mol. The number of benzene rings is 2. The zero-order valence-corrected chi connectivity index (χ0v) is 12.9. The van der Waals surface area contributed by atoms with Gasteiger partial charge in [-0.05, 0) is 55.5 Å². The van der Waals surface area contributed by atoms with E-state index in [4.69, 9.17) is 10.5 Å². The zero-order valence-electron chi connectivity index (χ0n) is 12.9. The lowest BCUT2D eigenvalue weighted by Crippen LogP contribution is -2.37. The van der Waals surface area contributed by atoms with Crippen molar-refractivity contribution in [1.29, 1.82) is 0 Å². The average Bonchev–Trinajstić information content (AvgIpc) is 2.56. The molecule has 2 aromatic carbocycles. The molecule has 1 fully saturated rings. The predicted octanol–water partition coefficient (Wildman–Crippen LogP) is 3.84. The maximum absolute atomic E-state index is 5.95. The van der Waals surface area contributed by atoms with Gasteiger partial charge >= 0.3 is 0 Å². The first-order valence-corrected chi connectivity index (χ1v) is 8.10. The molecule has 0 bridgehead atoms. The molecule has 0 saturated heterocycles. The summed E-state index contributed by atoms with van der Waals surface area (Å²) in [5.74, 6) is 1.75. The molecule has 2 aromatic rings. The van der Waals surface area contributed by atoms with Crippen LogP contribution in [0.5, 0.6) is 11.5 Å². The third-order valence-electron chi connectivity index (χ3n) is 4.24. The number of para-hydroxylation sites is 1. The van der Waals surface area contributed by atoms with Crippen LogP contribution in [0.1, 0.15) is 31.2 Å². The molecule has 116 valence electrons. The molecule has 3 heteroatoms. The second-order valence-corrected chi connectivity index (χ2v) is 6.06. The summed E-state index contributed by atoms with van der Waals surface area (Å²) in [5.41, 5.74) is 7.21. The fourth-order valence-electron chi connectivity index (χ4n) is 2.93. The standard InChI is InChI=1S/C19H24N2O/c20-16-9-11-17(12-10-16)21-14-15-5-4-8-19(13-15)22-18-6-2-1-3-7-18/h1-8,13,16-17,21H,9-12,14,20H2/t16-,17-. The summed E-state index contributed by atoms with van der Waals surface area (Å²) in [6, 6.07) is 19.2. The second kappa shape index (κ2) is 7.43. The highest BCUT2D eigenvalue weighted by molar-refractivity contribution is 5.33. The Morgan fingerprint density at radius 1 is 0.909 bits per heavy atom. The summed E-state index contributed by atoms with van der Waals surface area (Å²) in [5, 5.41) is 3.64. The number of hydrogen-bond donors (Lipinski definition) is 2. The van der Waals surface area contributed by atoms with Crippen LogP contribution in [0.4, 0.5) is 0 Å². The lowest BCUT2D eigenvalue weighted by atomic mass is 9.92. The van der Waals surface area contributed by atoms with Crippen LogP contribution in [0.3, 0.4) is 0 Å². The van der Waals surface area contributed by atoms with Crippen LogP contribution in [0, 0.1) is 0 Å². The Balaban J connectivity index is 1.55. The van der Waals surface area contributed by atoms with Crippen molar-refractivity contribution in [3.8, 4) is 11.5 Å². The summed E-state index contributed by atoms with van der Waals surface area (Å²) in [7, 11) is 0. The van der Waals surface area contributed by atoms with Crippen molar-refractivity contribution >= 4 is 0 Å². The molecule has 0 amide bonds. The minimum Gasteiger partial charge on any atom is -0.457 e. The van der Waals surface area contributed by atoms with Gasteiger partial charge in [0.1, 0.15) is 11.5 Å². The predicted molar refractivity (Wildman–Crippen MR) is 90.0 cm³/mol. The maximum atomic E-state index is 5.95. The molecule has 0 aromatic heterocycles. The van der Waals surface area contributed by atoms with Gasteiger partial charge in [-0.1, -0.05) is 30.3 Å². The fraction of sp³-hybridized carbons (Fsp3) is 0.368. The number of hydrogen-bond acceptors (Lipinski definition) is 3. The van der Waals surface area contributed by atoms with E-state index in [1.54, 1.807) is 0 Å². The molecule has 0 radical (unpaired) electrons. The molecule has 0 aliphatic heterocycles. The monoisotopic (exact) mass is 296 g/mol. The van der Waals surface area contributed by atoms with Crippen LogP contribution in [-0.2, 0) is 6.54 Å². The minimum atomic E-state index is 0.403. The molecule has 1 aliphatic carbocycles. The highest BCUT2D eigenvalue weighted by Gasteiger charge is 2.17. The van der Waals surface area contributed by atoms with Crippen molar-refractivity contribution in [2.75, 3.05) is 0 Å². The number of nitrogens with two attached hydrogens (primary N) is 1. The van der Waals surface area contributed by atoms with E-state index in [1.165, 1.54) is 18.4 Å². The Bertz CT molecular complexity index is 577. The Labute approximate surface area is 132 Å². The molecular weight excluding hydrogens is 272 g/mol. The van der Waals surface area contributed by atoms with E-state index in [0.717, 1.165) is 30.9 Å². The molecule has 0 heterocycles. The summed E-state index contributed by atoms with van der Waals surface area (Å²) < 4.78 is 5.88. The van der Waals surface area contributed by atoms with E-state index in [0.29, 0.717) is 12.1 Å². The number of rotatable bonds is 5. The summed E-state index contributed by atoms with van der Waals surface area (Å²) in [4.78, 5) is 0. The molecule has 3 nitrogen and oxygen atoms in total. The molecular formula is C19H24N2O. The molecule has 0 spiro atoms. The Morgan fingerprint density at radius 3 is 2.41 bits per heavy atom. The van der Waals surface area contributed by atoms with Gasteiger partial charge in [0.25, 0.3) is 0 Å². The van der Waals surface area contributed by atoms with Gasteiger partial charge in [0, 0.05) is 18.6 Å². The normalized spacial score (nSPS) is 21.5. The van der Waals surface area contributed by atoms with Crippen molar-refractivity contribution in [2.45, 2.75) is 44.3 Å². The Morgan fingerprint density at radius 2 is 1.64 bits per heavy atom. The lowest BCUT2D eigenvalue weighted by Gasteiger charge is -2.27. The van der Waals surface area contributed by atoms with Crippen molar-refractivity contribution in [3.05, 3.63) is 60.2 Å². The molecule has 1 aliphatic rings. The molecule has 22 heavy (non-hydrogen) atoms. The first-order chi connectivity index (χ1) is 10.8. The van der Waals surface area contributed by atoms with Crippen molar-refractivity contribution in [2.24, 2.45) is 5.73 Å². The second-order valence-electron chi connectivity index (χ2n) is 6.06. The van der Waals surface area contributed by atoms with Crippen molar-refractivity contribution in [1.82, 2.24) is 5.32 Å². The number of nitrogens with one attached hydrogen (secondary N) is 1. The van der Waals surface area contributed by atoms with Gasteiger partial charge < -0.3 is 15.8 Å². The van der Waals surface area contributed by atoms with E-state index >= 15 is 0 Å². The van der Waals surface area contributed by atoms with Crippen LogP contribution in [0.25, 0.3) is 0 Å². The third kappa shape index (κ3) is 4.33. The van der Waals surface area contributed by atoms with E-state index in [1.807, 2.05) is 42.5 Å². The van der Waals surface area contributed by atoms with E-state index < -0.39 is 0 Å². The van der Waals surface area contributed by atoms with Crippen LogP contribution in [0.2, 0.25) is 0 Å². The summed E-state index contributed by atoms with van der Waals surface area (Å²) in [6.45, 7) is 0.881. The summed E-state index contributed by atoms with van der Waals surface area (Å²) >= 11 is 0. The molecule has 0 atom stereocenters. The Kier molecular flexibility index (Phi) is 5.09. The quantitative estimate of drug-likeness (QED) is 0.881. The van der Waals surface area contributed by atoms with Crippen LogP contribution in [-0.4, -0.2) is 12.1 Å². The highest BCUT2D eigenvalue weighted by atomic mass is 16.5. The van der Waals surface area contributed by atoms with E-state index in [2.05, 4.69) is 17.4 Å². The van der Waals surface area contributed by atoms with Crippen LogP contribution in [0.15, 0.2) is 54.6 Å². The lowest BCUT2D eigenvalue weighted by molar-refractivity contribution is 0.341.